The van der Waals surface area contributed by atoms with E-state index in [9.17, 15) is 4.79 Å². The van der Waals surface area contributed by atoms with E-state index in [0.29, 0.717) is 21.2 Å². The number of rotatable bonds is 4. The summed E-state index contributed by atoms with van der Waals surface area (Å²) in [6.07, 6.45) is 0. The Morgan fingerprint density at radius 2 is 1.04 bits per heavy atom. The van der Waals surface area contributed by atoms with Crippen LogP contribution in [0.2, 0.25) is 10.0 Å². The molecule has 0 spiro atoms. The van der Waals surface area contributed by atoms with E-state index in [2.05, 4.69) is 23.6 Å². The second kappa shape index (κ2) is 11.8. The Labute approximate surface area is 288 Å². The van der Waals surface area contributed by atoms with Gasteiger partial charge in [0.25, 0.3) is 0 Å². The Balaban J connectivity index is 1.55. The second-order valence-electron chi connectivity index (χ2n) is 11.7. The van der Waals surface area contributed by atoms with Crippen LogP contribution in [-0.2, 0) is 5.41 Å². The molecule has 0 N–H and O–H groups in total. The van der Waals surface area contributed by atoms with E-state index >= 15 is 4.79 Å². The number of hydrogen-bond donors (Lipinski definition) is 0. The van der Waals surface area contributed by atoms with Gasteiger partial charge in [0.2, 0.25) is 5.78 Å². The molecule has 6 aromatic rings. The van der Waals surface area contributed by atoms with Crippen molar-refractivity contribution in [3.63, 3.8) is 0 Å². The van der Waals surface area contributed by atoms with Crippen LogP contribution in [0.1, 0.15) is 43.0 Å². The summed E-state index contributed by atoms with van der Waals surface area (Å²) in [4.78, 5) is 28.8. The highest BCUT2D eigenvalue weighted by Crippen LogP contribution is 2.54. The van der Waals surface area contributed by atoms with Crippen LogP contribution >= 0.6 is 23.2 Å². The van der Waals surface area contributed by atoms with E-state index in [1.807, 2.05) is 103 Å². The van der Waals surface area contributed by atoms with E-state index in [-0.39, 0.29) is 17.1 Å². The molecular weight excluding hydrogens is 631 g/mol. The van der Waals surface area contributed by atoms with E-state index in [1.54, 1.807) is 36.4 Å². The molecule has 0 saturated heterocycles. The van der Waals surface area contributed by atoms with Gasteiger partial charge in [-0.1, -0.05) is 150 Å². The lowest BCUT2D eigenvalue weighted by Crippen LogP contribution is -2.31. The molecule has 0 saturated carbocycles. The summed E-state index contributed by atoms with van der Waals surface area (Å²) in [6, 6.07) is 45.4. The molecule has 4 heteroatoms. The summed E-state index contributed by atoms with van der Waals surface area (Å²) in [5.41, 5.74) is 11.3. The summed E-state index contributed by atoms with van der Waals surface area (Å²) in [5.74, 6) is 5.75. The first kappa shape index (κ1) is 29.7. The molecule has 1 atom stereocenters. The van der Waals surface area contributed by atoms with Gasteiger partial charge in [0.1, 0.15) is 5.41 Å². The normalized spacial score (nSPS) is 14.8. The molecule has 0 amide bonds. The molecule has 0 aromatic heterocycles. The third kappa shape index (κ3) is 4.77. The first-order chi connectivity index (χ1) is 23.5. The lowest BCUT2D eigenvalue weighted by Gasteiger charge is -2.28. The number of carbonyl (C=O) groups is 2. The Bertz CT molecular complexity index is 2440. The first-order valence-electron chi connectivity index (χ1n) is 15.5. The summed E-state index contributed by atoms with van der Waals surface area (Å²) in [7, 11) is 0. The van der Waals surface area contributed by atoms with Crippen LogP contribution in [0.4, 0.5) is 0 Å². The zero-order valence-corrected chi connectivity index (χ0v) is 26.9. The van der Waals surface area contributed by atoms with Crippen LogP contribution in [-0.4, -0.2) is 11.6 Å². The molecule has 0 aliphatic heterocycles. The molecule has 2 aliphatic carbocycles. The lowest BCUT2D eigenvalue weighted by atomic mass is 9.70. The fourth-order valence-corrected chi connectivity index (χ4v) is 7.23. The van der Waals surface area contributed by atoms with Crippen LogP contribution in [0, 0.1) is 11.8 Å². The first-order valence-corrected chi connectivity index (χ1v) is 16.2. The van der Waals surface area contributed by atoms with Gasteiger partial charge < -0.3 is 0 Å². The number of hydrogen-bond acceptors (Lipinski definition) is 2. The van der Waals surface area contributed by atoms with Crippen molar-refractivity contribution in [1.29, 1.82) is 0 Å². The van der Waals surface area contributed by atoms with Crippen LogP contribution in [0.15, 0.2) is 157 Å². The van der Waals surface area contributed by atoms with Crippen molar-refractivity contribution >= 4 is 40.3 Å². The van der Waals surface area contributed by atoms with Crippen molar-refractivity contribution < 1.29 is 9.59 Å². The standard InChI is InChI=1S/C44H24Cl2O2/c45-30-19-21-34-32-15-7-8-16-33(32)38(37(34)25-30)27-41(43(48)29-13-5-2-6-14-29)44(24-23-42(47)28-11-3-1-4-12-28)39-18-10-9-17-35(39)36-22-20-31(46)26-40(36)44/h1-22,25-26H. The number of carbonyl (C=O) groups excluding carboxylic acids is 2. The highest BCUT2D eigenvalue weighted by Gasteiger charge is 2.48. The van der Waals surface area contributed by atoms with E-state index in [0.717, 1.165) is 50.1 Å². The van der Waals surface area contributed by atoms with Crippen molar-refractivity contribution in [2.45, 2.75) is 5.41 Å². The topological polar surface area (TPSA) is 34.1 Å². The minimum atomic E-state index is -1.41. The zero-order valence-electron chi connectivity index (χ0n) is 25.4. The van der Waals surface area contributed by atoms with Crippen LogP contribution < -0.4 is 0 Å². The molecule has 48 heavy (non-hydrogen) atoms. The number of fused-ring (bicyclic) bond motifs is 6. The Hall–Kier alpha value is -5.68. The highest BCUT2D eigenvalue weighted by molar-refractivity contribution is 6.31. The van der Waals surface area contributed by atoms with Crippen molar-refractivity contribution in [3.05, 3.63) is 200 Å². The minimum absolute atomic E-state index is 0.264. The van der Waals surface area contributed by atoms with Gasteiger partial charge in [-0.2, -0.15) is 0 Å². The molecule has 226 valence electrons. The van der Waals surface area contributed by atoms with Gasteiger partial charge in [-0.15, -0.1) is 5.73 Å². The Morgan fingerprint density at radius 3 is 1.77 bits per heavy atom. The summed E-state index contributed by atoms with van der Waals surface area (Å²) in [5, 5.41) is 1.06. The maximum atomic E-state index is 15.1. The molecule has 1 unspecified atom stereocenters. The van der Waals surface area contributed by atoms with Crippen molar-refractivity contribution in [1.82, 2.24) is 0 Å². The molecule has 8 rings (SSSR count). The second-order valence-corrected chi connectivity index (χ2v) is 12.6. The molecular formula is C44H24Cl2O2. The Morgan fingerprint density at radius 1 is 0.500 bits per heavy atom. The summed E-state index contributed by atoms with van der Waals surface area (Å²) in [6.45, 7) is 0. The third-order valence-electron chi connectivity index (χ3n) is 9.03. The maximum Gasteiger partial charge on any atom is 0.235 e. The number of Topliss-reactive ketones (excluding diaryl/α,β-unsaturated/α-hetero) is 2. The number of allylic oxidation sites excluding steroid dienone is 1. The number of halogens is 2. The van der Waals surface area contributed by atoms with E-state index in [1.165, 1.54) is 0 Å². The summed E-state index contributed by atoms with van der Waals surface area (Å²) < 4.78 is 0. The maximum absolute atomic E-state index is 15.1. The average molecular weight is 656 g/mol. The predicted molar refractivity (Wildman–Crippen MR) is 193 cm³/mol. The van der Waals surface area contributed by atoms with Crippen LogP contribution in [0.3, 0.4) is 0 Å². The molecule has 0 bridgehead atoms. The highest BCUT2D eigenvalue weighted by atomic mass is 35.5. The molecule has 0 radical (unpaired) electrons. The van der Waals surface area contributed by atoms with Gasteiger partial charge in [0, 0.05) is 26.7 Å². The lowest BCUT2D eigenvalue weighted by molar-refractivity contribution is 0.102. The van der Waals surface area contributed by atoms with Gasteiger partial charge in [0.05, 0.1) is 5.57 Å². The van der Waals surface area contributed by atoms with E-state index in [4.69, 9.17) is 23.2 Å². The summed E-state index contributed by atoms with van der Waals surface area (Å²) >= 11 is 13.3. The monoisotopic (exact) mass is 654 g/mol. The molecule has 0 fully saturated rings. The average Bonchev–Trinajstić information content (AvgIpc) is 3.58. The predicted octanol–water partition coefficient (Wildman–Crippen LogP) is 10.7. The fourth-order valence-electron chi connectivity index (χ4n) is 6.88. The van der Waals surface area contributed by atoms with E-state index < -0.39 is 5.41 Å². The van der Waals surface area contributed by atoms with Gasteiger partial charge in [0.15, 0.2) is 5.78 Å². The molecule has 0 heterocycles. The van der Waals surface area contributed by atoms with Gasteiger partial charge in [-0.3, -0.25) is 9.59 Å². The minimum Gasteiger partial charge on any atom is -0.288 e. The molecule has 2 aliphatic rings. The van der Waals surface area contributed by atoms with Gasteiger partial charge in [-0.05, 0) is 74.7 Å². The molecule has 2 nitrogen and oxygen atoms in total. The quantitative estimate of drug-likeness (QED) is 0.0622. The SMILES string of the molecule is O=C(C#CC1(C(=C=C2c3ccccc3-c3ccc(Cl)cc32)C(=O)c2ccccc2)c2ccccc2-c2ccc(Cl)cc21)c1ccccc1. The number of benzene rings is 6. The van der Waals surface area contributed by atoms with Gasteiger partial charge in [-0.25, -0.2) is 0 Å². The van der Waals surface area contributed by atoms with Crippen molar-refractivity contribution in [3.8, 4) is 34.1 Å². The van der Waals surface area contributed by atoms with Crippen molar-refractivity contribution in [2.75, 3.05) is 0 Å². The zero-order chi connectivity index (χ0) is 32.8. The Kier molecular flexibility index (Phi) is 7.33. The van der Waals surface area contributed by atoms with Crippen molar-refractivity contribution in [2.24, 2.45) is 0 Å². The van der Waals surface area contributed by atoms with Gasteiger partial charge >= 0.3 is 0 Å². The third-order valence-corrected chi connectivity index (χ3v) is 9.50. The largest absolute Gasteiger partial charge is 0.288 e. The van der Waals surface area contributed by atoms with Crippen LogP contribution in [0.25, 0.3) is 27.8 Å². The number of ketones is 2. The smallest absolute Gasteiger partial charge is 0.235 e. The molecule has 6 aromatic carbocycles. The fraction of sp³-hybridized carbons (Fsp3) is 0.0227. The van der Waals surface area contributed by atoms with Crippen LogP contribution in [0.5, 0.6) is 0 Å².